The number of anilines is 1. The second-order valence-corrected chi connectivity index (χ2v) is 6.90. The molecule has 0 unspecified atom stereocenters. The highest BCUT2D eigenvalue weighted by atomic mass is 16.5. The van der Waals surface area contributed by atoms with Crippen LogP contribution in [0.5, 0.6) is 17.2 Å². The van der Waals surface area contributed by atoms with E-state index >= 15 is 0 Å². The number of carbonyl (C=O) groups is 1. The van der Waals surface area contributed by atoms with Gasteiger partial charge in [0.25, 0.3) is 5.91 Å². The van der Waals surface area contributed by atoms with Gasteiger partial charge in [-0.2, -0.15) is 5.26 Å². The van der Waals surface area contributed by atoms with Crippen molar-refractivity contribution in [1.29, 1.82) is 5.26 Å². The number of nitrogens with zero attached hydrogens (tertiary/aromatic N) is 2. The van der Waals surface area contributed by atoms with Crippen molar-refractivity contribution >= 4 is 11.6 Å². The fourth-order valence-corrected chi connectivity index (χ4v) is 2.98. The van der Waals surface area contributed by atoms with Crippen LogP contribution in [0.25, 0.3) is 0 Å². The monoisotopic (exact) mass is 421 g/mol. The van der Waals surface area contributed by atoms with Gasteiger partial charge in [0.15, 0.2) is 0 Å². The maximum Gasteiger partial charge on any atom is 0.255 e. The van der Waals surface area contributed by atoms with Crippen molar-refractivity contribution < 1.29 is 14.3 Å². The standard InChI is InChI=1S/C26H19N3O3/c27-16-19-4-1-5-20(14-19)18-31-24-7-2-6-22(15-24)29-26(30)21-9-11-23(12-10-21)32-25-8-3-13-28-17-25/h1-15,17H,18H2,(H,29,30). The number of nitriles is 1. The summed E-state index contributed by atoms with van der Waals surface area (Å²) < 4.78 is 11.5. The predicted octanol–water partition coefficient (Wildman–Crippen LogP) is 5.58. The Morgan fingerprint density at radius 3 is 2.50 bits per heavy atom. The highest BCUT2D eigenvalue weighted by Gasteiger charge is 2.08. The molecule has 0 bridgehead atoms. The molecule has 1 heterocycles. The van der Waals surface area contributed by atoms with E-state index in [1.54, 1.807) is 67.0 Å². The summed E-state index contributed by atoms with van der Waals surface area (Å²) in [5.41, 5.74) is 2.60. The molecule has 0 saturated heterocycles. The lowest BCUT2D eigenvalue weighted by Gasteiger charge is -2.10. The highest BCUT2D eigenvalue weighted by Crippen LogP contribution is 2.22. The van der Waals surface area contributed by atoms with E-state index in [0.717, 1.165) is 5.56 Å². The van der Waals surface area contributed by atoms with Crippen LogP contribution >= 0.6 is 0 Å². The molecule has 156 valence electrons. The maximum absolute atomic E-state index is 12.6. The van der Waals surface area contributed by atoms with Crippen molar-refractivity contribution in [3.63, 3.8) is 0 Å². The van der Waals surface area contributed by atoms with Crippen molar-refractivity contribution in [2.24, 2.45) is 0 Å². The Bertz CT molecular complexity index is 1250. The van der Waals surface area contributed by atoms with Gasteiger partial charge in [0.05, 0.1) is 17.8 Å². The van der Waals surface area contributed by atoms with E-state index in [1.807, 2.05) is 30.3 Å². The lowest BCUT2D eigenvalue weighted by atomic mass is 10.1. The molecule has 0 aliphatic heterocycles. The lowest BCUT2D eigenvalue weighted by Crippen LogP contribution is -2.11. The number of hydrogen-bond acceptors (Lipinski definition) is 5. The van der Waals surface area contributed by atoms with Gasteiger partial charge in [-0.1, -0.05) is 18.2 Å². The minimum atomic E-state index is -0.239. The SMILES string of the molecule is N#Cc1cccc(COc2cccc(NC(=O)c3ccc(Oc4cccnc4)cc3)c2)c1. The van der Waals surface area contributed by atoms with Crippen LogP contribution in [0.15, 0.2) is 97.3 Å². The number of hydrogen-bond donors (Lipinski definition) is 1. The molecule has 1 amide bonds. The summed E-state index contributed by atoms with van der Waals surface area (Å²) in [6.07, 6.45) is 3.29. The summed E-state index contributed by atoms with van der Waals surface area (Å²) in [5.74, 6) is 1.62. The molecule has 32 heavy (non-hydrogen) atoms. The van der Waals surface area contributed by atoms with Gasteiger partial charge in [0, 0.05) is 23.5 Å². The van der Waals surface area contributed by atoms with Gasteiger partial charge in [0.2, 0.25) is 0 Å². The number of amides is 1. The molecule has 0 radical (unpaired) electrons. The molecule has 1 aromatic heterocycles. The van der Waals surface area contributed by atoms with Crippen molar-refractivity contribution in [3.8, 4) is 23.3 Å². The molecule has 1 N–H and O–H groups in total. The van der Waals surface area contributed by atoms with Crippen molar-refractivity contribution in [2.75, 3.05) is 5.32 Å². The van der Waals surface area contributed by atoms with E-state index in [1.165, 1.54) is 0 Å². The van der Waals surface area contributed by atoms with Gasteiger partial charge in [-0.3, -0.25) is 9.78 Å². The number of ether oxygens (including phenoxy) is 2. The van der Waals surface area contributed by atoms with Crippen LogP contribution in [0.3, 0.4) is 0 Å². The minimum absolute atomic E-state index is 0.239. The topological polar surface area (TPSA) is 84.2 Å². The highest BCUT2D eigenvalue weighted by molar-refractivity contribution is 6.04. The third-order valence-corrected chi connectivity index (χ3v) is 4.54. The Labute approximate surface area is 185 Å². The average Bonchev–Trinajstić information content (AvgIpc) is 2.84. The van der Waals surface area contributed by atoms with Gasteiger partial charge in [-0.25, -0.2) is 0 Å². The van der Waals surface area contributed by atoms with Crippen LogP contribution in [0, 0.1) is 11.3 Å². The summed E-state index contributed by atoms with van der Waals surface area (Å²) in [6.45, 7) is 0.325. The molecule has 6 nitrogen and oxygen atoms in total. The van der Waals surface area contributed by atoms with Crippen molar-refractivity contribution in [3.05, 3.63) is 114 Å². The fraction of sp³-hybridized carbons (Fsp3) is 0.0385. The number of rotatable bonds is 7. The minimum Gasteiger partial charge on any atom is -0.489 e. The van der Waals surface area contributed by atoms with Crippen molar-refractivity contribution in [2.45, 2.75) is 6.61 Å². The van der Waals surface area contributed by atoms with Gasteiger partial charge in [-0.15, -0.1) is 0 Å². The zero-order chi connectivity index (χ0) is 22.2. The molecule has 4 aromatic rings. The summed E-state index contributed by atoms with van der Waals surface area (Å²) in [4.78, 5) is 16.6. The number of pyridine rings is 1. The molecular formula is C26H19N3O3. The quantitative estimate of drug-likeness (QED) is 0.421. The molecule has 0 saturated carbocycles. The molecule has 3 aromatic carbocycles. The first-order chi connectivity index (χ1) is 15.7. The summed E-state index contributed by atoms with van der Waals surface area (Å²) in [6, 6.07) is 27.0. The second kappa shape index (κ2) is 9.92. The molecule has 0 fully saturated rings. The first-order valence-corrected chi connectivity index (χ1v) is 9.91. The molecule has 0 aliphatic carbocycles. The van der Waals surface area contributed by atoms with Crippen LogP contribution in [-0.2, 0) is 6.61 Å². The van der Waals surface area contributed by atoms with Crippen LogP contribution in [0.1, 0.15) is 21.5 Å². The Hall–Kier alpha value is -4.63. The summed E-state index contributed by atoms with van der Waals surface area (Å²) in [7, 11) is 0. The van der Waals surface area contributed by atoms with Crippen LogP contribution in [0.2, 0.25) is 0 Å². The Kier molecular flexibility index (Phi) is 6.39. The second-order valence-electron chi connectivity index (χ2n) is 6.90. The third-order valence-electron chi connectivity index (χ3n) is 4.54. The van der Waals surface area contributed by atoms with Crippen LogP contribution in [0.4, 0.5) is 5.69 Å². The normalized spacial score (nSPS) is 10.1. The van der Waals surface area contributed by atoms with Crippen LogP contribution in [-0.4, -0.2) is 10.9 Å². The molecule has 0 atom stereocenters. The van der Waals surface area contributed by atoms with Gasteiger partial charge in [0.1, 0.15) is 23.9 Å². The van der Waals surface area contributed by atoms with E-state index < -0.39 is 0 Å². The molecule has 0 aliphatic rings. The Morgan fingerprint density at radius 2 is 1.72 bits per heavy atom. The van der Waals surface area contributed by atoms with Gasteiger partial charge in [-0.05, 0) is 66.2 Å². The molecular weight excluding hydrogens is 402 g/mol. The molecule has 0 spiro atoms. The number of aromatic nitrogens is 1. The Morgan fingerprint density at radius 1 is 0.906 bits per heavy atom. The zero-order valence-corrected chi connectivity index (χ0v) is 17.1. The zero-order valence-electron chi connectivity index (χ0n) is 17.1. The van der Waals surface area contributed by atoms with E-state index in [-0.39, 0.29) is 5.91 Å². The van der Waals surface area contributed by atoms with Crippen LogP contribution < -0.4 is 14.8 Å². The number of carbonyl (C=O) groups excluding carboxylic acids is 1. The molecule has 6 heteroatoms. The van der Waals surface area contributed by atoms with E-state index in [0.29, 0.717) is 40.7 Å². The van der Waals surface area contributed by atoms with E-state index in [2.05, 4.69) is 16.4 Å². The average molecular weight is 421 g/mol. The predicted molar refractivity (Wildman–Crippen MR) is 121 cm³/mol. The first kappa shape index (κ1) is 20.6. The fourth-order valence-electron chi connectivity index (χ4n) is 2.98. The largest absolute Gasteiger partial charge is 0.489 e. The first-order valence-electron chi connectivity index (χ1n) is 9.91. The summed E-state index contributed by atoms with van der Waals surface area (Å²) in [5, 5.41) is 11.9. The van der Waals surface area contributed by atoms with E-state index in [9.17, 15) is 4.79 Å². The number of nitrogens with one attached hydrogen (secondary N) is 1. The third kappa shape index (κ3) is 5.49. The molecule has 4 rings (SSSR count). The lowest BCUT2D eigenvalue weighted by molar-refractivity contribution is 0.102. The van der Waals surface area contributed by atoms with Gasteiger partial charge < -0.3 is 14.8 Å². The Balaban J connectivity index is 1.36. The van der Waals surface area contributed by atoms with Gasteiger partial charge >= 0.3 is 0 Å². The number of benzene rings is 3. The maximum atomic E-state index is 12.6. The summed E-state index contributed by atoms with van der Waals surface area (Å²) >= 11 is 0. The van der Waals surface area contributed by atoms with E-state index in [4.69, 9.17) is 14.7 Å². The van der Waals surface area contributed by atoms with Crippen molar-refractivity contribution in [1.82, 2.24) is 4.98 Å². The smallest absolute Gasteiger partial charge is 0.255 e.